The van der Waals surface area contributed by atoms with Crippen LogP contribution >= 0.6 is 0 Å². The number of aromatic amines is 1. The minimum atomic E-state index is -0.168. The second-order valence-corrected chi connectivity index (χ2v) is 5.95. The van der Waals surface area contributed by atoms with E-state index in [1.54, 1.807) is 11.9 Å². The molecule has 1 N–H and O–H groups in total. The Labute approximate surface area is 137 Å². The summed E-state index contributed by atoms with van der Waals surface area (Å²) in [6, 6.07) is 5.99. The number of likely N-dealkylation sites (N-methyl/N-ethyl adjacent to an activating group) is 2. The number of carbonyl (C=O) groups is 2. The highest BCUT2D eigenvalue weighted by Crippen LogP contribution is 2.22. The molecule has 0 fully saturated rings. The van der Waals surface area contributed by atoms with Crippen molar-refractivity contribution in [2.24, 2.45) is 0 Å². The van der Waals surface area contributed by atoms with Gasteiger partial charge in [-0.1, -0.05) is 6.07 Å². The maximum absolute atomic E-state index is 12.6. The molecule has 1 aromatic heterocycles. The normalized spacial score (nSPS) is 10.8. The van der Waals surface area contributed by atoms with E-state index in [0.717, 1.165) is 22.0 Å². The molecule has 1 heterocycles. The summed E-state index contributed by atoms with van der Waals surface area (Å²) in [4.78, 5) is 31.1. The summed E-state index contributed by atoms with van der Waals surface area (Å²) in [6.45, 7) is 9.34. The monoisotopic (exact) mass is 315 g/mol. The van der Waals surface area contributed by atoms with E-state index in [9.17, 15) is 9.59 Å². The zero-order valence-corrected chi connectivity index (χ0v) is 14.6. The number of H-pyrrole nitrogens is 1. The van der Waals surface area contributed by atoms with Crippen molar-refractivity contribution in [1.82, 2.24) is 14.8 Å². The van der Waals surface area contributed by atoms with Gasteiger partial charge < -0.3 is 14.8 Å². The molecule has 0 unspecified atom stereocenters. The Kier molecular flexibility index (Phi) is 5.08. The molecular weight excluding hydrogens is 290 g/mol. The lowest BCUT2D eigenvalue weighted by atomic mass is 10.1. The van der Waals surface area contributed by atoms with Crippen LogP contribution in [-0.2, 0) is 4.79 Å². The second-order valence-electron chi connectivity index (χ2n) is 5.95. The van der Waals surface area contributed by atoms with Gasteiger partial charge in [-0.3, -0.25) is 9.59 Å². The van der Waals surface area contributed by atoms with Crippen LogP contribution in [0.2, 0.25) is 0 Å². The van der Waals surface area contributed by atoms with Gasteiger partial charge in [-0.05, 0) is 51.0 Å². The Morgan fingerprint density at radius 3 is 2.35 bits per heavy atom. The van der Waals surface area contributed by atoms with Gasteiger partial charge in [0.05, 0.1) is 6.54 Å². The molecule has 124 valence electrons. The summed E-state index contributed by atoms with van der Waals surface area (Å²) in [5.41, 5.74) is 3.76. The first kappa shape index (κ1) is 17.1. The SMILES string of the molecule is CCN(CC)C(=O)CN(C)C(=O)c1cc2c(C)cc(C)cc2[nH]1. The molecule has 5 nitrogen and oxygen atoms in total. The highest BCUT2D eigenvalue weighted by Gasteiger charge is 2.19. The van der Waals surface area contributed by atoms with Gasteiger partial charge in [0.25, 0.3) is 5.91 Å². The standard InChI is InChI=1S/C18H25N3O2/c1-6-21(7-2)17(22)11-20(5)18(23)16-10-14-13(4)8-12(3)9-15(14)19-16/h8-10,19H,6-7,11H2,1-5H3. The van der Waals surface area contributed by atoms with E-state index in [2.05, 4.69) is 11.1 Å². The first-order chi connectivity index (χ1) is 10.9. The molecule has 2 rings (SSSR count). The number of hydrogen-bond donors (Lipinski definition) is 1. The van der Waals surface area contributed by atoms with Crippen LogP contribution in [0.3, 0.4) is 0 Å². The van der Waals surface area contributed by atoms with Gasteiger partial charge in [-0.15, -0.1) is 0 Å². The molecule has 2 aromatic rings. The molecule has 0 aliphatic heterocycles. The summed E-state index contributed by atoms with van der Waals surface area (Å²) in [6.07, 6.45) is 0. The Bertz CT molecular complexity index is 729. The largest absolute Gasteiger partial charge is 0.351 e. The van der Waals surface area contributed by atoms with E-state index in [0.29, 0.717) is 18.8 Å². The van der Waals surface area contributed by atoms with E-state index >= 15 is 0 Å². The number of fused-ring (bicyclic) bond motifs is 1. The van der Waals surface area contributed by atoms with Gasteiger partial charge in [0.2, 0.25) is 5.91 Å². The molecule has 0 bridgehead atoms. The maximum atomic E-state index is 12.6. The Morgan fingerprint density at radius 2 is 1.74 bits per heavy atom. The van der Waals surface area contributed by atoms with Gasteiger partial charge in [-0.25, -0.2) is 0 Å². The number of benzene rings is 1. The van der Waals surface area contributed by atoms with E-state index < -0.39 is 0 Å². The van der Waals surface area contributed by atoms with Crippen LogP contribution in [0, 0.1) is 13.8 Å². The second kappa shape index (κ2) is 6.86. The van der Waals surface area contributed by atoms with E-state index in [1.165, 1.54) is 4.90 Å². The fourth-order valence-corrected chi connectivity index (χ4v) is 2.87. The number of aromatic nitrogens is 1. The van der Waals surface area contributed by atoms with E-state index in [1.807, 2.05) is 39.8 Å². The number of aryl methyl sites for hydroxylation is 2. The number of nitrogens with zero attached hydrogens (tertiary/aromatic N) is 2. The minimum absolute atomic E-state index is 0.0333. The van der Waals surface area contributed by atoms with Crippen LogP contribution in [0.15, 0.2) is 18.2 Å². The van der Waals surface area contributed by atoms with Crippen molar-refractivity contribution in [3.63, 3.8) is 0 Å². The molecule has 0 saturated carbocycles. The van der Waals surface area contributed by atoms with Crippen molar-refractivity contribution in [2.45, 2.75) is 27.7 Å². The van der Waals surface area contributed by atoms with Crippen LogP contribution in [0.5, 0.6) is 0 Å². The number of hydrogen-bond acceptors (Lipinski definition) is 2. The van der Waals surface area contributed by atoms with Gasteiger partial charge in [0, 0.05) is 31.0 Å². The van der Waals surface area contributed by atoms with Crippen LogP contribution in [0.4, 0.5) is 0 Å². The molecule has 0 aliphatic rings. The number of rotatable bonds is 5. The molecular formula is C18H25N3O2. The summed E-state index contributed by atoms with van der Waals surface area (Å²) in [7, 11) is 1.66. The molecule has 0 aliphatic carbocycles. The van der Waals surface area contributed by atoms with Crippen molar-refractivity contribution in [1.29, 1.82) is 0 Å². The van der Waals surface area contributed by atoms with Crippen LogP contribution in [-0.4, -0.2) is 53.3 Å². The quantitative estimate of drug-likeness (QED) is 0.922. The summed E-state index contributed by atoms with van der Waals surface area (Å²) < 4.78 is 0. The average molecular weight is 315 g/mol. The smallest absolute Gasteiger partial charge is 0.270 e. The number of carbonyl (C=O) groups excluding carboxylic acids is 2. The van der Waals surface area contributed by atoms with E-state index in [-0.39, 0.29) is 18.4 Å². The number of nitrogens with one attached hydrogen (secondary N) is 1. The molecule has 2 amide bonds. The zero-order valence-electron chi connectivity index (χ0n) is 14.6. The summed E-state index contributed by atoms with van der Waals surface area (Å²) in [5.74, 6) is -0.201. The molecule has 0 spiro atoms. The molecule has 1 aromatic carbocycles. The first-order valence-corrected chi connectivity index (χ1v) is 8.00. The molecule has 0 saturated heterocycles. The third-order valence-corrected chi connectivity index (χ3v) is 4.15. The van der Waals surface area contributed by atoms with E-state index in [4.69, 9.17) is 0 Å². The fourth-order valence-electron chi connectivity index (χ4n) is 2.87. The predicted octanol–water partition coefficient (Wildman–Crippen LogP) is 2.73. The molecule has 23 heavy (non-hydrogen) atoms. The molecule has 5 heteroatoms. The van der Waals surface area contributed by atoms with Crippen LogP contribution in [0.25, 0.3) is 10.9 Å². The zero-order chi connectivity index (χ0) is 17.1. The lowest BCUT2D eigenvalue weighted by Crippen LogP contribution is -2.41. The summed E-state index contributed by atoms with van der Waals surface area (Å²) >= 11 is 0. The minimum Gasteiger partial charge on any atom is -0.351 e. The third-order valence-electron chi connectivity index (χ3n) is 4.15. The van der Waals surface area contributed by atoms with Crippen molar-refractivity contribution in [3.05, 3.63) is 35.0 Å². The van der Waals surface area contributed by atoms with Gasteiger partial charge in [0.1, 0.15) is 5.69 Å². The van der Waals surface area contributed by atoms with Gasteiger partial charge >= 0.3 is 0 Å². The van der Waals surface area contributed by atoms with Gasteiger partial charge in [0.15, 0.2) is 0 Å². The Morgan fingerprint density at radius 1 is 1.09 bits per heavy atom. The molecule has 0 atom stereocenters. The van der Waals surface area contributed by atoms with Crippen molar-refractivity contribution >= 4 is 22.7 Å². The lowest BCUT2D eigenvalue weighted by molar-refractivity contribution is -0.131. The van der Waals surface area contributed by atoms with Crippen molar-refractivity contribution in [2.75, 3.05) is 26.7 Å². The number of amides is 2. The Hall–Kier alpha value is -2.30. The maximum Gasteiger partial charge on any atom is 0.270 e. The highest BCUT2D eigenvalue weighted by molar-refractivity contribution is 6.00. The highest BCUT2D eigenvalue weighted by atomic mass is 16.2. The van der Waals surface area contributed by atoms with Crippen molar-refractivity contribution in [3.8, 4) is 0 Å². The average Bonchev–Trinajstić information content (AvgIpc) is 2.91. The Balaban J connectivity index is 2.20. The first-order valence-electron chi connectivity index (χ1n) is 8.00. The predicted molar refractivity (Wildman–Crippen MR) is 92.7 cm³/mol. The van der Waals surface area contributed by atoms with Crippen LogP contribution < -0.4 is 0 Å². The summed E-state index contributed by atoms with van der Waals surface area (Å²) in [5, 5.41) is 1.04. The fraction of sp³-hybridized carbons (Fsp3) is 0.444. The van der Waals surface area contributed by atoms with Gasteiger partial charge in [-0.2, -0.15) is 0 Å². The lowest BCUT2D eigenvalue weighted by Gasteiger charge is -2.22. The topological polar surface area (TPSA) is 56.4 Å². The van der Waals surface area contributed by atoms with Crippen molar-refractivity contribution < 1.29 is 9.59 Å². The third kappa shape index (κ3) is 3.55. The van der Waals surface area contributed by atoms with Crippen LogP contribution in [0.1, 0.15) is 35.5 Å². The molecule has 0 radical (unpaired) electrons.